The van der Waals surface area contributed by atoms with Crippen LogP contribution in [0.25, 0.3) is 0 Å². The molecule has 20 heavy (non-hydrogen) atoms. The lowest BCUT2D eigenvalue weighted by atomic mass is 10.2. The molecule has 0 amide bonds. The Balaban J connectivity index is 2.22. The van der Waals surface area contributed by atoms with E-state index in [-0.39, 0.29) is 11.7 Å². The normalized spacial score (nSPS) is 12.3. The average Bonchev–Trinajstić information content (AvgIpc) is 2.78. The summed E-state index contributed by atoms with van der Waals surface area (Å²) in [5.41, 5.74) is 6.57. The van der Waals surface area contributed by atoms with Gasteiger partial charge in [0.2, 0.25) is 0 Å². The number of nitro groups is 1. The van der Waals surface area contributed by atoms with E-state index in [1.807, 2.05) is 17.7 Å². The van der Waals surface area contributed by atoms with Crippen LogP contribution in [-0.2, 0) is 13.0 Å². The molecule has 0 radical (unpaired) electrons. The topological polar surface area (TPSA) is 87.0 Å². The quantitative estimate of drug-likeness (QED) is 0.677. The predicted molar refractivity (Wildman–Crippen MR) is 76.8 cm³/mol. The van der Waals surface area contributed by atoms with Crippen molar-refractivity contribution in [3.8, 4) is 0 Å². The number of nitro benzene ring substituents is 1. The molecule has 0 aliphatic carbocycles. The van der Waals surface area contributed by atoms with E-state index in [9.17, 15) is 10.1 Å². The van der Waals surface area contributed by atoms with Crippen molar-refractivity contribution in [3.63, 3.8) is 0 Å². The van der Waals surface area contributed by atoms with Crippen LogP contribution >= 0.6 is 11.6 Å². The van der Waals surface area contributed by atoms with Gasteiger partial charge in [0.1, 0.15) is 5.82 Å². The molecule has 6 nitrogen and oxygen atoms in total. The maximum absolute atomic E-state index is 10.7. The van der Waals surface area contributed by atoms with Crippen molar-refractivity contribution in [3.05, 3.63) is 57.1 Å². The third-order valence-electron chi connectivity index (χ3n) is 2.89. The fourth-order valence-electron chi connectivity index (χ4n) is 1.92. The minimum Gasteiger partial charge on any atom is -0.330 e. The smallest absolute Gasteiger partial charge is 0.270 e. The van der Waals surface area contributed by atoms with Gasteiger partial charge in [-0.25, -0.2) is 4.98 Å². The van der Waals surface area contributed by atoms with Crippen molar-refractivity contribution in [2.24, 2.45) is 5.73 Å². The zero-order valence-corrected chi connectivity index (χ0v) is 11.7. The van der Waals surface area contributed by atoms with Crippen molar-refractivity contribution in [2.75, 3.05) is 0 Å². The molecule has 0 bridgehead atoms. The van der Waals surface area contributed by atoms with Gasteiger partial charge in [0.05, 0.1) is 16.5 Å². The molecule has 1 aromatic heterocycles. The number of non-ortho nitro benzene ring substituents is 1. The van der Waals surface area contributed by atoms with Crippen LogP contribution in [0.15, 0.2) is 30.6 Å². The van der Waals surface area contributed by atoms with Gasteiger partial charge in [0.15, 0.2) is 0 Å². The lowest BCUT2D eigenvalue weighted by molar-refractivity contribution is -0.384. The third-order valence-corrected chi connectivity index (χ3v) is 3.25. The molecule has 0 saturated carbocycles. The zero-order valence-electron chi connectivity index (χ0n) is 11.0. The van der Waals surface area contributed by atoms with Crippen LogP contribution in [0.2, 0.25) is 5.02 Å². The number of imidazole rings is 1. The Morgan fingerprint density at radius 2 is 2.30 bits per heavy atom. The van der Waals surface area contributed by atoms with Crippen LogP contribution in [0.4, 0.5) is 5.69 Å². The summed E-state index contributed by atoms with van der Waals surface area (Å²) in [6.07, 6.45) is 4.21. The van der Waals surface area contributed by atoms with E-state index in [1.54, 1.807) is 12.3 Å². The Hall–Kier alpha value is -1.92. The fraction of sp³-hybridized carbons (Fsp3) is 0.308. The molecule has 1 heterocycles. The van der Waals surface area contributed by atoms with Crippen molar-refractivity contribution in [1.82, 2.24) is 9.55 Å². The average molecular weight is 295 g/mol. The first-order valence-electron chi connectivity index (χ1n) is 6.15. The second-order valence-corrected chi connectivity index (χ2v) is 5.09. The van der Waals surface area contributed by atoms with Gasteiger partial charge in [-0.3, -0.25) is 10.1 Å². The molecule has 2 N–H and O–H groups in total. The largest absolute Gasteiger partial charge is 0.330 e. The molecule has 1 unspecified atom stereocenters. The standard InChI is InChI=1S/C13H15ClN4O2/c1-9(15)6-13-16-4-5-17(13)8-10-2-3-11(18(19)20)7-12(10)14/h2-5,7,9H,6,8,15H2,1H3. The van der Waals surface area contributed by atoms with Gasteiger partial charge in [-0.05, 0) is 18.6 Å². The number of nitrogens with two attached hydrogens (primary N) is 1. The maximum atomic E-state index is 10.7. The Kier molecular flexibility index (Phi) is 4.36. The van der Waals surface area contributed by atoms with Crippen molar-refractivity contribution < 1.29 is 4.92 Å². The molecule has 2 aromatic rings. The van der Waals surface area contributed by atoms with Crippen LogP contribution < -0.4 is 5.73 Å². The Bertz CT molecular complexity index is 625. The van der Waals surface area contributed by atoms with Crippen LogP contribution in [-0.4, -0.2) is 20.5 Å². The van der Waals surface area contributed by atoms with Gasteiger partial charge < -0.3 is 10.3 Å². The maximum Gasteiger partial charge on any atom is 0.270 e. The molecule has 0 aliphatic heterocycles. The lowest BCUT2D eigenvalue weighted by Crippen LogP contribution is -2.20. The van der Waals surface area contributed by atoms with Crippen molar-refractivity contribution >= 4 is 17.3 Å². The van der Waals surface area contributed by atoms with Gasteiger partial charge in [0.25, 0.3) is 5.69 Å². The van der Waals surface area contributed by atoms with E-state index in [4.69, 9.17) is 17.3 Å². The summed E-state index contributed by atoms with van der Waals surface area (Å²) in [7, 11) is 0. The monoisotopic (exact) mass is 294 g/mol. The molecular formula is C13H15ClN4O2. The van der Waals surface area contributed by atoms with Crippen LogP contribution in [0, 0.1) is 10.1 Å². The summed E-state index contributed by atoms with van der Waals surface area (Å²) >= 11 is 6.09. The zero-order chi connectivity index (χ0) is 14.7. The number of halogens is 1. The summed E-state index contributed by atoms with van der Waals surface area (Å²) in [5.74, 6) is 0.870. The van der Waals surface area contributed by atoms with E-state index >= 15 is 0 Å². The summed E-state index contributed by atoms with van der Waals surface area (Å²) in [6.45, 7) is 2.43. The molecule has 0 spiro atoms. The predicted octanol–water partition coefficient (Wildman–Crippen LogP) is 2.38. The molecule has 0 fully saturated rings. The van der Waals surface area contributed by atoms with E-state index in [1.165, 1.54) is 12.1 Å². The number of rotatable bonds is 5. The van der Waals surface area contributed by atoms with Crippen LogP contribution in [0.1, 0.15) is 18.3 Å². The second-order valence-electron chi connectivity index (χ2n) is 4.69. The minimum atomic E-state index is -0.464. The molecule has 106 valence electrons. The van der Waals surface area contributed by atoms with Crippen LogP contribution in [0.3, 0.4) is 0 Å². The number of hydrogen-bond acceptors (Lipinski definition) is 4. The van der Waals surface area contributed by atoms with Gasteiger partial charge in [-0.1, -0.05) is 11.6 Å². The Labute approximate surface area is 121 Å². The van der Waals surface area contributed by atoms with Crippen molar-refractivity contribution in [2.45, 2.75) is 25.9 Å². The van der Waals surface area contributed by atoms with Gasteiger partial charge in [0, 0.05) is 37.0 Å². The molecule has 0 saturated heterocycles. The number of benzene rings is 1. The molecular weight excluding hydrogens is 280 g/mol. The van der Waals surface area contributed by atoms with E-state index < -0.39 is 4.92 Å². The van der Waals surface area contributed by atoms with E-state index in [0.29, 0.717) is 18.0 Å². The van der Waals surface area contributed by atoms with E-state index in [2.05, 4.69) is 4.98 Å². The third kappa shape index (κ3) is 3.34. The highest BCUT2D eigenvalue weighted by Crippen LogP contribution is 2.23. The highest BCUT2D eigenvalue weighted by atomic mass is 35.5. The first-order valence-corrected chi connectivity index (χ1v) is 6.53. The van der Waals surface area contributed by atoms with Gasteiger partial charge >= 0.3 is 0 Å². The van der Waals surface area contributed by atoms with Crippen LogP contribution in [0.5, 0.6) is 0 Å². The Morgan fingerprint density at radius 3 is 2.90 bits per heavy atom. The summed E-state index contributed by atoms with van der Waals surface area (Å²) in [4.78, 5) is 14.5. The molecule has 1 aromatic carbocycles. The second kappa shape index (κ2) is 6.02. The molecule has 7 heteroatoms. The van der Waals surface area contributed by atoms with Crippen molar-refractivity contribution in [1.29, 1.82) is 0 Å². The Morgan fingerprint density at radius 1 is 1.55 bits per heavy atom. The summed E-state index contributed by atoms with van der Waals surface area (Å²) in [6, 6.07) is 4.49. The molecule has 2 rings (SSSR count). The van der Waals surface area contributed by atoms with Gasteiger partial charge in [-0.2, -0.15) is 0 Å². The molecule has 0 aliphatic rings. The van der Waals surface area contributed by atoms with E-state index in [0.717, 1.165) is 11.4 Å². The first kappa shape index (κ1) is 14.5. The number of hydrogen-bond donors (Lipinski definition) is 1. The lowest BCUT2D eigenvalue weighted by Gasteiger charge is -2.10. The first-order chi connectivity index (χ1) is 9.47. The minimum absolute atomic E-state index is 0.0137. The highest BCUT2D eigenvalue weighted by Gasteiger charge is 2.11. The SMILES string of the molecule is CC(N)Cc1nccn1Cc1ccc([N+](=O)[O-])cc1Cl. The van der Waals surface area contributed by atoms with Gasteiger partial charge in [-0.15, -0.1) is 0 Å². The summed E-state index contributed by atoms with van der Waals surface area (Å²) < 4.78 is 1.94. The highest BCUT2D eigenvalue weighted by molar-refractivity contribution is 6.31. The molecule has 1 atom stereocenters. The number of nitrogens with zero attached hydrogens (tertiary/aromatic N) is 3. The number of aromatic nitrogens is 2. The summed E-state index contributed by atoms with van der Waals surface area (Å²) in [5, 5.41) is 11.0. The fourth-order valence-corrected chi connectivity index (χ4v) is 2.16.